The Morgan fingerprint density at radius 1 is 1.14 bits per heavy atom. The number of hydrogen-bond acceptors (Lipinski definition) is 6. The SMILES string of the molecule is COc1ccc(NC(C)=O)cc1NC(=O)CN(C)c1nc2c(C)ccc(C)c2s1. The van der Waals surface area contributed by atoms with Crippen molar-refractivity contribution in [3.05, 3.63) is 41.5 Å². The second-order valence-electron chi connectivity index (χ2n) is 6.87. The molecular formula is C21H24N4O3S. The fraction of sp³-hybridized carbons (Fsp3) is 0.286. The number of nitrogens with one attached hydrogen (secondary N) is 2. The quantitative estimate of drug-likeness (QED) is 0.640. The molecule has 2 amide bonds. The number of amides is 2. The van der Waals surface area contributed by atoms with Gasteiger partial charge in [0.15, 0.2) is 5.13 Å². The number of fused-ring (bicyclic) bond motifs is 1. The molecule has 0 saturated heterocycles. The first-order chi connectivity index (χ1) is 13.8. The van der Waals surface area contributed by atoms with Gasteiger partial charge in [-0.15, -0.1) is 0 Å². The van der Waals surface area contributed by atoms with E-state index >= 15 is 0 Å². The standard InChI is InChI=1S/C21H24N4O3S/c1-12-6-7-13(2)20-19(12)24-21(29-20)25(4)11-18(27)23-16-10-15(22-14(3)26)8-9-17(16)28-5/h6-10H,11H2,1-5H3,(H,22,26)(H,23,27). The van der Waals surface area contributed by atoms with E-state index in [0.29, 0.717) is 17.1 Å². The Bertz CT molecular complexity index is 1040. The van der Waals surface area contributed by atoms with E-state index in [4.69, 9.17) is 9.72 Å². The van der Waals surface area contributed by atoms with Crippen LogP contribution in [-0.4, -0.2) is 37.5 Å². The Balaban J connectivity index is 1.76. The Labute approximate surface area is 173 Å². The number of benzene rings is 2. The molecule has 2 aromatic carbocycles. The molecule has 29 heavy (non-hydrogen) atoms. The number of hydrogen-bond donors (Lipinski definition) is 2. The van der Waals surface area contributed by atoms with Crippen LogP contribution >= 0.6 is 11.3 Å². The van der Waals surface area contributed by atoms with Crippen LogP contribution in [0.4, 0.5) is 16.5 Å². The number of carbonyl (C=O) groups is 2. The van der Waals surface area contributed by atoms with Gasteiger partial charge in [0.05, 0.1) is 29.6 Å². The first kappa shape index (κ1) is 20.6. The molecule has 0 atom stereocenters. The van der Waals surface area contributed by atoms with Crippen molar-refractivity contribution in [1.82, 2.24) is 4.98 Å². The number of methoxy groups -OCH3 is 1. The zero-order chi connectivity index (χ0) is 21.1. The normalized spacial score (nSPS) is 10.7. The summed E-state index contributed by atoms with van der Waals surface area (Å²) in [6.45, 7) is 5.65. The topological polar surface area (TPSA) is 83.6 Å². The summed E-state index contributed by atoms with van der Waals surface area (Å²) < 4.78 is 6.45. The van der Waals surface area contributed by atoms with Crippen molar-refractivity contribution < 1.29 is 14.3 Å². The minimum atomic E-state index is -0.210. The Hall–Kier alpha value is -3.13. The highest BCUT2D eigenvalue weighted by atomic mass is 32.1. The summed E-state index contributed by atoms with van der Waals surface area (Å²) in [5.74, 6) is 0.119. The number of nitrogens with zero attached hydrogens (tertiary/aromatic N) is 2. The van der Waals surface area contributed by atoms with Crippen molar-refractivity contribution in [2.75, 3.05) is 36.2 Å². The maximum absolute atomic E-state index is 12.6. The number of aryl methyl sites for hydroxylation is 2. The van der Waals surface area contributed by atoms with E-state index in [0.717, 1.165) is 20.9 Å². The third-order valence-corrected chi connectivity index (χ3v) is 5.74. The lowest BCUT2D eigenvalue weighted by Gasteiger charge is -2.17. The highest BCUT2D eigenvalue weighted by molar-refractivity contribution is 7.22. The van der Waals surface area contributed by atoms with Gasteiger partial charge in [-0.3, -0.25) is 9.59 Å². The predicted octanol–water partition coefficient (Wildman–Crippen LogP) is 3.96. The zero-order valence-electron chi connectivity index (χ0n) is 17.1. The summed E-state index contributed by atoms with van der Waals surface area (Å²) in [4.78, 5) is 30.4. The molecule has 0 saturated carbocycles. The molecule has 1 heterocycles. The number of likely N-dealkylation sites (N-methyl/N-ethyl adjacent to an activating group) is 1. The van der Waals surface area contributed by atoms with Crippen molar-refractivity contribution in [2.45, 2.75) is 20.8 Å². The van der Waals surface area contributed by atoms with E-state index in [-0.39, 0.29) is 18.4 Å². The highest BCUT2D eigenvalue weighted by Gasteiger charge is 2.16. The molecule has 8 heteroatoms. The van der Waals surface area contributed by atoms with Gasteiger partial charge in [0, 0.05) is 19.7 Å². The second kappa shape index (κ2) is 8.48. The first-order valence-electron chi connectivity index (χ1n) is 9.12. The zero-order valence-corrected chi connectivity index (χ0v) is 17.9. The molecule has 0 radical (unpaired) electrons. The maximum atomic E-state index is 12.6. The molecule has 0 spiro atoms. The van der Waals surface area contributed by atoms with Crippen LogP contribution in [0.25, 0.3) is 10.2 Å². The average Bonchev–Trinajstić information content (AvgIpc) is 3.11. The van der Waals surface area contributed by atoms with E-state index in [1.165, 1.54) is 19.6 Å². The van der Waals surface area contributed by atoms with Crippen molar-refractivity contribution in [1.29, 1.82) is 0 Å². The smallest absolute Gasteiger partial charge is 0.244 e. The summed E-state index contributed by atoms with van der Waals surface area (Å²) in [5, 5.41) is 6.33. The largest absolute Gasteiger partial charge is 0.495 e. The van der Waals surface area contributed by atoms with Crippen LogP contribution in [0.3, 0.4) is 0 Å². The van der Waals surface area contributed by atoms with E-state index < -0.39 is 0 Å². The van der Waals surface area contributed by atoms with Gasteiger partial charge in [0.1, 0.15) is 5.75 Å². The van der Waals surface area contributed by atoms with Crippen LogP contribution in [0.1, 0.15) is 18.1 Å². The third-order valence-electron chi connectivity index (χ3n) is 4.43. The number of ether oxygens (including phenoxy) is 1. The van der Waals surface area contributed by atoms with Crippen LogP contribution in [0.5, 0.6) is 5.75 Å². The Morgan fingerprint density at radius 2 is 1.86 bits per heavy atom. The molecule has 0 aliphatic carbocycles. The summed E-state index contributed by atoms with van der Waals surface area (Å²) in [6.07, 6.45) is 0. The van der Waals surface area contributed by atoms with Gasteiger partial charge in [-0.1, -0.05) is 23.5 Å². The monoisotopic (exact) mass is 412 g/mol. The summed E-state index contributed by atoms with van der Waals surface area (Å²) in [5.41, 5.74) is 4.34. The first-order valence-corrected chi connectivity index (χ1v) is 9.93. The summed E-state index contributed by atoms with van der Waals surface area (Å²) in [6, 6.07) is 9.23. The Morgan fingerprint density at radius 3 is 2.52 bits per heavy atom. The lowest BCUT2D eigenvalue weighted by molar-refractivity contribution is -0.115. The number of carbonyl (C=O) groups excluding carboxylic acids is 2. The van der Waals surface area contributed by atoms with Crippen LogP contribution in [0.2, 0.25) is 0 Å². The number of anilines is 3. The summed E-state index contributed by atoms with van der Waals surface area (Å²) >= 11 is 1.57. The van der Waals surface area contributed by atoms with E-state index in [9.17, 15) is 9.59 Å². The van der Waals surface area contributed by atoms with Gasteiger partial charge < -0.3 is 20.3 Å². The fourth-order valence-electron chi connectivity index (χ4n) is 2.97. The molecule has 0 aliphatic heterocycles. The fourth-order valence-corrected chi connectivity index (χ4v) is 4.04. The van der Waals surface area contributed by atoms with E-state index in [2.05, 4.69) is 29.7 Å². The van der Waals surface area contributed by atoms with Crippen molar-refractivity contribution >= 4 is 49.9 Å². The van der Waals surface area contributed by atoms with Gasteiger partial charge >= 0.3 is 0 Å². The number of thiazole rings is 1. The molecule has 2 N–H and O–H groups in total. The lowest BCUT2D eigenvalue weighted by Crippen LogP contribution is -2.30. The van der Waals surface area contributed by atoms with Crippen LogP contribution in [-0.2, 0) is 9.59 Å². The molecule has 7 nitrogen and oxygen atoms in total. The average molecular weight is 413 g/mol. The Kier molecular flexibility index (Phi) is 6.03. The minimum Gasteiger partial charge on any atom is -0.495 e. The van der Waals surface area contributed by atoms with Gasteiger partial charge in [0.2, 0.25) is 11.8 Å². The van der Waals surface area contributed by atoms with Gasteiger partial charge in [-0.2, -0.15) is 0 Å². The number of aromatic nitrogens is 1. The van der Waals surface area contributed by atoms with Gasteiger partial charge in [0.25, 0.3) is 0 Å². The van der Waals surface area contributed by atoms with Gasteiger partial charge in [-0.25, -0.2) is 4.98 Å². The molecule has 3 aromatic rings. The predicted molar refractivity (Wildman–Crippen MR) is 118 cm³/mol. The molecule has 0 unspecified atom stereocenters. The minimum absolute atomic E-state index is 0.130. The molecule has 0 aliphatic rings. The van der Waals surface area contributed by atoms with Crippen molar-refractivity contribution in [3.63, 3.8) is 0 Å². The lowest BCUT2D eigenvalue weighted by atomic mass is 10.1. The highest BCUT2D eigenvalue weighted by Crippen LogP contribution is 2.33. The van der Waals surface area contributed by atoms with Crippen LogP contribution < -0.4 is 20.3 Å². The summed E-state index contributed by atoms with van der Waals surface area (Å²) in [7, 11) is 3.37. The molecule has 1 aromatic heterocycles. The van der Waals surface area contributed by atoms with Gasteiger partial charge in [-0.05, 0) is 43.2 Å². The number of rotatable bonds is 6. The molecule has 0 bridgehead atoms. The van der Waals surface area contributed by atoms with Crippen LogP contribution in [0, 0.1) is 13.8 Å². The van der Waals surface area contributed by atoms with Crippen molar-refractivity contribution in [2.24, 2.45) is 0 Å². The molecular weight excluding hydrogens is 388 g/mol. The van der Waals surface area contributed by atoms with E-state index in [1.54, 1.807) is 29.5 Å². The second-order valence-corrected chi connectivity index (χ2v) is 7.85. The van der Waals surface area contributed by atoms with E-state index in [1.807, 2.05) is 18.9 Å². The molecule has 3 rings (SSSR count). The maximum Gasteiger partial charge on any atom is 0.244 e. The third kappa shape index (κ3) is 4.65. The molecule has 152 valence electrons. The van der Waals surface area contributed by atoms with Crippen LogP contribution in [0.15, 0.2) is 30.3 Å². The molecule has 0 fully saturated rings. The van der Waals surface area contributed by atoms with Crippen molar-refractivity contribution in [3.8, 4) is 5.75 Å².